The van der Waals surface area contributed by atoms with Crippen LogP contribution in [0.15, 0.2) is 24.3 Å². The topological polar surface area (TPSA) is 87.2 Å². The molecule has 2 N–H and O–H groups in total. The molecule has 144 valence electrons. The minimum absolute atomic E-state index is 0.210. The Morgan fingerprint density at radius 1 is 1.19 bits per heavy atom. The van der Waals surface area contributed by atoms with Gasteiger partial charge in [-0.2, -0.15) is 0 Å². The number of anilines is 1. The fraction of sp³-hybridized carbons (Fsp3) is 0.474. The number of carbonyl (C=O) groups is 2. The van der Waals surface area contributed by atoms with Crippen molar-refractivity contribution < 1.29 is 9.59 Å². The first-order chi connectivity index (χ1) is 12.7. The number of aromatic nitrogens is 2. The van der Waals surface area contributed by atoms with E-state index in [0.717, 1.165) is 17.0 Å². The summed E-state index contributed by atoms with van der Waals surface area (Å²) in [4.78, 5) is 26.7. The number of nitrogens with one attached hydrogen (secondary N) is 2. The number of likely N-dealkylation sites (tertiary alicyclic amines) is 1. The van der Waals surface area contributed by atoms with E-state index in [4.69, 9.17) is 0 Å². The second kappa shape index (κ2) is 7.64. The Morgan fingerprint density at radius 2 is 1.89 bits per heavy atom. The Balaban J connectivity index is 1.66. The van der Waals surface area contributed by atoms with Crippen LogP contribution in [-0.4, -0.2) is 45.2 Å². The Hall–Kier alpha value is -2.48. The lowest BCUT2D eigenvalue weighted by atomic mass is 10.1. The molecule has 2 heterocycles. The van der Waals surface area contributed by atoms with E-state index in [-0.39, 0.29) is 17.5 Å². The van der Waals surface area contributed by atoms with Crippen LogP contribution < -0.4 is 10.6 Å². The first kappa shape index (κ1) is 19.3. The maximum absolute atomic E-state index is 12.7. The molecule has 1 saturated heterocycles. The average molecular weight is 388 g/mol. The van der Waals surface area contributed by atoms with E-state index in [1.54, 1.807) is 4.90 Å². The number of benzene rings is 1. The Labute approximate surface area is 163 Å². The largest absolute Gasteiger partial charge is 0.333 e. The zero-order chi connectivity index (χ0) is 19.6. The summed E-state index contributed by atoms with van der Waals surface area (Å²) in [5, 5.41) is 15.2. The predicted molar refractivity (Wildman–Crippen MR) is 107 cm³/mol. The molecule has 0 bridgehead atoms. The van der Waals surface area contributed by atoms with Crippen LogP contribution in [0.4, 0.5) is 9.93 Å². The van der Waals surface area contributed by atoms with Crippen LogP contribution in [0.3, 0.4) is 0 Å². The Bertz CT molecular complexity index is 825. The lowest BCUT2D eigenvalue weighted by Gasteiger charge is -2.28. The van der Waals surface area contributed by atoms with Crippen LogP contribution in [0.2, 0.25) is 0 Å². The highest BCUT2D eigenvalue weighted by atomic mass is 32.1. The van der Waals surface area contributed by atoms with Gasteiger partial charge in [-0.3, -0.25) is 10.1 Å². The van der Waals surface area contributed by atoms with E-state index in [1.165, 1.54) is 16.9 Å². The van der Waals surface area contributed by atoms with E-state index in [2.05, 4.69) is 20.8 Å². The first-order valence-electron chi connectivity index (χ1n) is 9.03. The number of rotatable bonds is 3. The normalized spacial score (nSPS) is 17.0. The molecule has 3 rings (SSSR count). The summed E-state index contributed by atoms with van der Waals surface area (Å²) >= 11 is 1.33. The molecule has 1 atom stereocenters. The van der Waals surface area contributed by atoms with E-state index in [1.807, 2.05) is 52.0 Å². The van der Waals surface area contributed by atoms with Crippen molar-refractivity contribution in [3.05, 3.63) is 29.8 Å². The van der Waals surface area contributed by atoms with Crippen LogP contribution in [0, 0.1) is 6.92 Å². The summed E-state index contributed by atoms with van der Waals surface area (Å²) in [6, 6.07) is 7.30. The summed E-state index contributed by atoms with van der Waals surface area (Å²) in [5.41, 5.74) is 1.79. The zero-order valence-electron chi connectivity index (χ0n) is 16.1. The third kappa shape index (κ3) is 4.82. The Kier molecular flexibility index (Phi) is 5.46. The molecule has 1 aliphatic heterocycles. The average Bonchev–Trinajstić information content (AvgIpc) is 3.23. The molecule has 27 heavy (non-hydrogen) atoms. The zero-order valence-corrected chi connectivity index (χ0v) is 16.9. The standard InChI is InChI=1S/C19H25N5O2S/c1-12-7-9-13(10-8-12)16-22-23-17(27-16)20-15(25)14-6-5-11-24(14)18(26)21-19(2,3)4/h7-10,14H,5-6,11H2,1-4H3,(H,21,26)(H,20,23,25)/t14-/m0/s1. The molecule has 0 spiro atoms. The highest BCUT2D eigenvalue weighted by Gasteiger charge is 2.35. The number of amides is 3. The van der Waals surface area contributed by atoms with Gasteiger partial charge in [-0.25, -0.2) is 4.79 Å². The molecule has 1 aromatic carbocycles. The van der Waals surface area contributed by atoms with Crippen molar-refractivity contribution in [1.29, 1.82) is 0 Å². The lowest BCUT2D eigenvalue weighted by molar-refractivity contribution is -0.119. The second-order valence-electron chi connectivity index (χ2n) is 7.80. The van der Waals surface area contributed by atoms with Crippen molar-refractivity contribution in [3.63, 3.8) is 0 Å². The van der Waals surface area contributed by atoms with E-state index in [9.17, 15) is 9.59 Å². The van der Waals surface area contributed by atoms with Crippen molar-refractivity contribution in [2.24, 2.45) is 0 Å². The number of urea groups is 1. The number of hydrogen-bond acceptors (Lipinski definition) is 5. The number of aryl methyl sites for hydroxylation is 1. The van der Waals surface area contributed by atoms with Crippen LogP contribution in [0.5, 0.6) is 0 Å². The highest BCUT2D eigenvalue weighted by Crippen LogP contribution is 2.27. The molecule has 0 unspecified atom stereocenters. The van der Waals surface area contributed by atoms with Gasteiger partial charge in [-0.1, -0.05) is 41.2 Å². The molecule has 0 aliphatic carbocycles. The van der Waals surface area contributed by atoms with Gasteiger partial charge < -0.3 is 10.2 Å². The van der Waals surface area contributed by atoms with Gasteiger partial charge in [-0.15, -0.1) is 10.2 Å². The van der Waals surface area contributed by atoms with E-state index >= 15 is 0 Å². The summed E-state index contributed by atoms with van der Waals surface area (Å²) in [7, 11) is 0. The first-order valence-corrected chi connectivity index (χ1v) is 9.85. The maximum Gasteiger partial charge on any atom is 0.318 e. The molecule has 1 aliphatic rings. The quantitative estimate of drug-likeness (QED) is 0.845. The smallest absolute Gasteiger partial charge is 0.318 e. The fourth-order valence-electron chi connectivity index (χ4n) is 2.95. The third-order valence-corrected chi connectivity index (χ3v) is 5.14. The molecular weight excluding hydrogens is 362 g/mol. The van der Waals surface area contributed by atoms with Crippen LogP contribution in [-0.2, 0) is 4.79 Å². The van der Waals surface area contributed by atoms with Gasteiger partial charge in [0.25, 0.3) is 0 Å². The third-order valence-electron chi connectivity index (χ3n) is 4.25. The van der Waals surface area contributed by atoms with Gasteiger partial charge in [0, 0.05) is 17.6 Å². The SMILES string of the molecule is Cc1ccc(-c2nnc(NC(=O)[C@@H]3CCCN3C(=O)NC(C)(C)C)s2)cc1. The molecule has 1 aromatic heterocycles. The van der Waals surface area contributed by atoms with E-state index in [0.29, 0.717) is 18.1 Å². The maximum atomic E-state index is 12.7. The molecule has 0 saturated carbocycles. The van der Waals surface area contributed by atoms with Gasteiger partial charge in [0.1, 0.15) is 11.0 Å². The minimum atomic E-state index is -0.487. The fourth-order valence-corrected chi connectivity index (χ4v) is 3.70. The molecule has 7 nitrogen and oxygen atoms in total. The number of hydrogen-bond donors (Lipinski definition) is 2. The second-order valence-corrected chi connectivity index (χ2v) is 8.78. The highest BCUT2D eigenvalue weighted by molar-refractivity contribution is 7.18. The van der Waals surface area contributed by atoms with Crippen LogP contribution in [0.1, 0.15) is 39.2 Å². The van der Waals surface area contributed by atoms with Gasteiger partial charge >= 0.3 is 6.03 Å². The van der Waals surface area contributed by atoms with Crippen LogP contribution >= 0.6 is 11.3 Å². The molecule has 0 radical (unpaired) electrons. The van der Waals surface area contributed by atoms with E-state index < -0.39 is 6.04 Å². The van der Waals surface area contributed by atoms with Gasteiger partial charge in [0.15, 0.2) is 0 Å². The molecule has 2 aromatic rings. The molecule has 3 amide bonds. The monoisotopic (exact) mass is 387 g/mol. The summed E-state index contributed by atoms with van der Waals surface area (Å²) in [6.07, 6.45) is 1.45. The van der Waals surface area contributed by atoms with Crippen molar-refractivity contribution in [2.75, 3.05) is 11.9 Å². The van der Waals surface area contributed by atoms with Crippen molar-refractivity contribution in [2.45, 2.75) is 52.1 Å². The molecular formula is C19H25N5O2S. The van der Waals surface area contributed by atoms with Crippen molar-refractivity contribution in [1.82, 2.24) is 20.4 Å². The number of nitrogens with zero attached hydrogens (tertiary/aromatic N) is 3. The molecule has 8 heteroatoms. The predicted octanol–water partition coefficient (Wildman–Crippen LogP) is 3.42. The minimum Gasteiger partial charge on any atom is -0.333 e. The van der Waals surface area contributed by atoms with Crippen molar-refractivity contribution in [3.8, 4) is 10.6 Å². The summed E-state index contributed by atoms with van der Waals surface area (Å²) in [5.74, 6) is -0.219. The van der Waals surface area contributed by atoms with Gasteiger partial charge in [0.2, 0.25) is 11.0 Å². The van der Waals surface area contributed by atoms with Crippen LogP contribution in [0.25, 0.3) is 10.6 Å². The van der Waals surface area contributed by atoms with Crippen molar-refractivity contribution >= 4 is 28.4 Å². The Morgan fingerprint density at radius 3 is 2.56 bits per heavy atom. The summed E-state index contributed by atoms with van der Waals surface area (Å²) < 4.78 is 0. The lowest BCUT2D eigenvalue weighted by Crippen LogP contribution is -2.52. The van der Waals surface area contributed by atoms with Gasteiger partial charge in [-0.05, 0) is 40.5 Å². The number of carbonyl (C=O) groups excluding carboxylic acids is 2. The summed E-state index contributed by atoms with van der Waals surface area (Å²) in [6.45, 7) is 8.36. The van der Waals surface area contributed by atoms with Gasteiger partial charge in [0.05, 0.1) is 0 Å². The molecule has 1 fully saturated rings.